The van der Waals surface area contributed by atoms with Gasteiger partial charge in [0.2, 0.25) is 0 Å². The molecule has 33 heavy (non-hydrogen) atoms. The molecule has 0 atom stereocenters. The highest BCUT2D eigenvalue weighted by Gasteiger charge is 2.29. The van der Waals surface area contributed by atoms with Gasteiger partial charge in [0, 0.05) is 18.7 Å². The predicted octanol–water partition coefficient (Wildman–Crippen LogP) is 2.69. The maximum atomic E-state index is 13.7. The molecule has 1 aromatic carbocycles. The van der Waals surface area contributed by atoms with Gasteiger partial charge in [-0.05, 0) is 51.0 Å². The molecule has 4 aromatic rings. The van der Waals surface area contributed by atoms with Crippen molar-refractivity contribution in [2.45, 2.75) is 32.6 Å². The Labute approximate surface area is 186 Å². The molecular formula is C23H21FN6O3. The molecule has 0 spiro atoms. The maximum Gasteiger partial charge on any atom is 0.329 e. The number of nitrogens with one attached hydrogen (secondary N) is 2. The first-order chi connectivity index (χ1) is 15.7. The lowest BCUT2D eigenvalue weighted by molar-refractivity contribution is 0.102. The van der Waals surface area contributed by atoms with Gasteiger partial charge in [0.25, 0.3) is 11.5 Å². The van der Waals surface area contributed by atoms with E-state index in [0.717, 1.165) is 12.8 Å². The molecule has 1 aliphatic carbocycles. The highest BCUT2D eigenvalue weighted by atomic mass is 19.1. The minimum atomic E-state index is -0.669. The molecule has 1 aliphatic rings. The van der Waals surface area contributed by atoms with Gasteiger partial charge in [-0.15, -0.1) is 0 Å². The first-order valence-electron chi connectivity index (χ1n) is 10.5. The number of halogens is 1. The summed E-state index contributed by atoms with van der Waals surface area (Å²) in [7, 11) is 1.50. The van der Waals surface area contributed by atoms with Crippen LogP contribution in [-0.4, -0.2) is 30.2 Å². The average molecular weight is 448 g/mol. The Morgan fingerprint density at radius 2 is 1.97 bits per heavy atom. The van der Waals surface area contributed by atoms with Crippen molar-refractivity contribution in [3.8, 4) is 5.69 Å². The topological polar surface area (TPSA) is 115 Å². The van der Waals surface area contributed by atoms with Gasteiger partial charge in [0.1, 0.15) is 11.5 Å². The van der Waals surface area contributed by atoms with Crippen molar-refractivity contribution in [2.75, 3.05) is 5.32 Å². The van der Waals surface area contributed by atoms with E-state index in [2.05, 4.69) is 20.4 Å². The Morgan fingerprint density at radius 1 is 1.21 bits per heavy atom. The number of carbonyl (C=O) groups excluding carboxylic acids is 1. The molecule has 10 heteroatoms. The fraction of sp³-hybridized carbons (Fsp3) is 0.261. The highest BCUT2D eigenvalue weighted by Crippen LogP contribution is 2.40. The monoisotopic (exact) mass is 448 g/mol. The first kappa shape index (κ1) is 20.8. The number of hydrogen-bond acceptors (Lipinski definition) is 5. The zero-order valence-corrected chi connectivity index (χ0v) is 18.3. The number of hydrogen-bond donors (Lipinski definition) is 2. The number of nitrogens with zero attached hydrogens (tertiary/aromatic N) is 4. The molecule has 1 amide bonds. The standard InChI is InChI=1S/C23H21FN6O3/c1-11-19(12(2)30(28-11)15-6-4-5-14(24)9-15)26-21(31)16-10-17(13-7-8-13)25-20-18(16)22(32)27-23(33)29(20)3/h4-6,9-10,13H,7-8H2,1-3H3,(H,26,31)(H,27,32,33). The number of rotatable bonds is 4. The van der Waals surface area contributed by atoms with Crippen molar-refractivity contribution in [2.24, 2.45) is 7.05 Å². The zero-order chi connectivity index (χ0) is 23.4. The van der Waals surface area contributed by atoms with Crippen molar-refractivity contribution in [3.05, 3.63) is 79.6 Å². The van der Waals surface area contributed by atoms with Gasteiger partial charge >= 0.3 is 5.69 Å². The van der Waals surface area contributed by atoms with Crippen LogP contribution >= 0.6 is 0 Å². The third-order valence-electron chi connectivity index (χ3n) is 5.91. The number of amides is 1. The summed E-state index contributed by atoms with van der Waals surface area (Å²) < 4.78 is 16.5. The summed E-state index contributed by atoms with van der Waals surface area (Å²) in [6.07, 6.45) is 1.88. The Morgan fingerprint density at radius 3 is 2.67 bits per heavy atom. The van der Waals surface area contributed by atoms with E-state index in [0.29, 0.717) is 28.5 Å². The summed E-state index contributed by atoms with van der Waals surface area (Å²) in [4.78, 5) is 44.9. The van der Waals surface area contributed by atoms with Crippen LogP contribution in [0.3, 0.4) is 0 Å². The molecule has 0 radical (unpaired) electrons. The van der Waals surface area contributed by atoms with Crippen LogP contribution in [0.4, 0.5) is 10.1 Å². The summed E-state index contributed by atoms with van der Waals surface area (Å²) >= 11 is 0. The maximum absolute atomic E-state index is 13.7. The molecule has 2 N–H and O–H groups in total. The zero-order valence-electron chi connectivity index (χ0n) is 18.3. The van der Waals surface area contributed by atoms with Crippen LogP contribution in [0.1, 0.15) is 46.2 Å². The Kier molecular flexibility index (Phi) is 4.73. The van der Waals surface area contributed by atoms with Crippen molar-refractivity contribution in [1.29, 1.82) is 0 Å². The largest absolute Gasteiger partial charge is 0.329 e. The molecular weight excluding hydrogens is 427 g/mol. The molecule has 1 saturated carbocycles. The second-order valence-corrected chi connectivity index (χ2v) is 8.28. The van der Waals surface area contributed by atoms with Crippen LogP contribution in [0.5, 0.6) is 0 Å². The van der Waals surface area contributed by atoms with Crippen molar-refractivity contribution >= 4 is 22.6 Å². The summed E-state index contributed by atoms with van der Waals surface area (Å²) in [6.45, 7) is 3.49. The number of aromatic amines is 1. The fourth-order valence-corrected chi connectivity index (χ4v) is 3.99. The summed E-state index contributed by atoms with van der Waals surface area (Å²) in [6, 6.07) is 7.61. The van der Waals surface area contributed by atoms with Gasteiger partial charge in [0.05, 0.1) is 33.7 Å². The van der Waals surface area contributed by atoms with Crippen LogP contribution < -0.4 is 16.6 Å². The van der Waals surface area contributed by atoms with E-state index in [1.165, 1.54) is 23.7 Å². The molecule has 0 bridgehead atoms. The Hall–Kier alpha value is -4.08. The number of pyridine rings is 1. The van der Waals surface area contributed by atoms with E-state index in [1.54, 1.807) is 36.7 Å². The van der Waals surface area contributed by atoms with Crippen molar-refractivity contribution in [1.82, 2.24) is 24.3 Å². The van der Waals surface area contributed by atoms with E-state index in [4.69, 9.17) is 0 Å². The first-order valence-corrected chi connectivity index (χ1v) is 10.5. The Bertz CT molecular complexity index is 1560. The van der Waals surface area contributed by atoms with Gasteiger partial charge in [0.15, 0.2) is 0 Å². The third-order valence-corrected chi connectivity index (χ3v) is 5.91. The van der Waals surface area contributed by atoms with Crippen LogP contribution in [0.25, 0.3) is 16.7 Å². The molecule has 5 rings (SSSR count). The fourth-order valence-electron chi connectivity index (χ4n) is 3.99. The van der Waals surface area contributed by atoms with Gasteiger partial charge in [-0.3, -0.25) is 19.1 Å². The van der Waals surface area contributed by atoms with Gasteiger partial charge < -0.3 is 5.32 Å². The lowest BCUT2D eigenvalue weighted by Gasteiger charge is -2.12. The van der Waals surface area contributed by atoms with E-state index in [1.807, 2.05) is 0 Å². The second kappa shape index (κ2) is 7.51. The van der Waals surface area contributed by atoms with Crippen molar-refractivity contribution < 1.29 is 9.18 Å². The van der Waals surface area contributed by atoms with Crippen LogP contribution in [0, 0.1) is 19.7 Å². The molecule has 1 fully saturated rings. The number of H-pyrrole nitrogens is 1. The smallest absolute Gasteiger partial charge is 0.319 e. The number of aryl methyl sites for hydroxylation is 2. The van der Waals surface area contributed by atoms with Gasteiger partial charge in [-0.25, -0.2) is 18.9 Å². The number of carbonyl (C=O) groups is 1. The van der Waals surface area contributed by atoms with Crippen molar-refractivity contribution in [3.63, 3.8) is 0 Å². The van der Waals surface area contributed by atoms with E-state index in [-0.39, 0.29) is 22.5 Å². The quantitative estimate of drug-likeness (QED) is 0.498. The molecule has 0 aliphatic heterocycles. The lowest BCUT2D eigenvalue weighted by atomic mass is 10.1. The molecule has 3 aromatic heterocycles. The SMILES string of the molecule is Cc1nn(-c2cccc(F)c2)c(C)c1NC(=O)c1cc(C2CC2)nc2c1c(=O)[nH]c(=O)n2C. The van der Waals surface area contributed by atoms with Gasteiger partial charge in [-0.2, -0.15) is 5.10 Å². The highest BCUT2D eigenvalue weighted by molar-refractivity contribution is 6.12. The van der Waals surface area contributed by atoms with Crippen LogP contribution in [-0.2, 0) is 7.05 Å². The van der Waals surface area contributed by atoms with E-state index in [9.17, 15) is 18.8 Å². The van der Waals surface area contributed by atoms with Gasteiger partial charge in [-0.1, -0.05) is 6.07 Å². The molecule has 3 heterocycles. The minimum absolute atomic E-state index is 0.0480. The summed E-state index contributed by atoms with van der Waals surface area (Å²) in [5.41, 5.74) is 1.84. The number of benzene rings is 1. The molecule has 168 valence electrons. The Balaban J connectivity index is 1.62. The molecule has 0 saturated heterocycles. The number of fused-ring (bicyclic) bond motifs is 1. The minimum Gasteiger partial charge on any atom is -0.319 e. The van der Waals surface area contributed by atoms with Crippen LogP contribution in [0.2, 0.25) is 0 Å². The van der Waals surface area contributed by atoms with E-state index < -0.39 is 23.0 Å². The lowest BCUT2D eigenvalue weighted by Crippen LogP contribution is -2.31. The van der Waals surface area contributed by atoms with E-state index >= 15 is 0 Å². The normalized spacial score (nSPS) is 13.5. The average Bonchev–Trinajstić information content (AvgIpc) is 3.59. The predicted molar refractivity (Wildman–Crippen MR) is 121 cm³/mol. The summed E-state index contributed by atoms with van der Waals surface area (Å²) in [5.74, 6) is -0.709. The molecule has 0 unspecified atom stereocenters. The second-order valence-electron chi connectivity index (χ2n) is 8.28. The molecule has 9 nitrogen and oxygen atoms in total. The number of aromatic nitrogens is 5. The van der Waals surface area contributed by atoms with Crippen LogP contribution in [0.15, 0.2) is 39.9 Å². The summed E-state index contributed by atoms with van der Waals surface area (Å²) in [5, 5.41) is 7.34. The third kappa shape index (κ3) is 3.53. The number of anilines is 1.